The first kappa shape index (κ1) is 26.6. The van der Waals surface area contributed by atoms with Gasteiger partial charge in [-0.25, -0.2) is 19.7 Å². The van der Waals surface area contributed by atoms with Crippen molar-refractivity contribution in [2.24, 2.45) is 5.92 Å². The van der Waals surface area contributed by atoms with E-state index in [0.717, 1.165) is 56.5 Å². The highest BCUT2D eigenvalue weighted by Gasteiger charge is 2.28. The lowest BCUT2D eigenvalue weighted by molar-refractivity contribution is -0.0591. The van der Waals surface area contributed by atoms with E-state index in [1.807, 2.05) is 16.7 Å². The van der Waals surface area contributed by atoms with Gasteiger partial charge in [0.25, 0.3) is 5.88 Å². The number of nitrogens with zero attached hydrogens (tertiary/aromatic N) is 5. The molecule has 1 N–H and O–H groups in total. The first-order chi connectivity index (χ1) is 19.4. The Morgan fingerprint density at radius 1 is 1.07 bits per heavy atom. The van der Waals surface area contributed by atoms with Crippen molar-refractivity contribution < 1.29 is 23.8 Å². The number of aromatic carboxylic acids is 1. The molecular weight excluding hydrogens is 537 g/mol. The first-order valence-corrected chi connectivity index (χ1v) is 13.9. The Labute approximate surface area is 235 Å². The van der Waals surface area contributed by atoms with Gasteiger partial charge in [0.2, 0.25) is 5.82 Å². The molecule has 2 fully saturated rings. The molecule has 9 nitrogen and oxygen atoms in total. The summed E-state index contributed by atoms with van der Waals surface area (Å²) in [6, 6.07) is 10.6. The van der Waals surface area contributed by atoms with Crippen LogP contribution in [0.1, 0.15) is 59.8 Å². The molecule has 0 radical (unpaired) electrons. The van der Waals surface area contributed by atoms with Gasteiger partial charge >= 0.3 is 5.97 Å². The minimum absolute atomic E-state index is 0.000613. The molecule has 1 aromatic carbocycles. The van der Waals surface area contributed by atoms with Gasteiger partial charge in [-0.1, -0.05) is 23.7 Å². The summed E-state index contributed by atoms with van der Waals surface area (Å²) >= 11 is 5.96. The third-order valence-electron chi connectivity index (χ3n) is 7.65. The smallest absolute Gasteiger partial charge is 0.354 e. The molecule has 0 bridgehead atoms. The average molecular weight is 566 g/mol. The van der Waals surface area contributed by atoms with E-state index in [2.05, 4.69) is 15.0 Å². The van der Waals surface area contributed by atoms with Crippen molar-refractivity contribution in [3.8, 4) is 5.88 Å². The molecule has 40 heavy (non-hydrogen) atoms. The van der Waals surface area contributed by atoms with Crippen molar-refractivity contribution in [2.45, 2.75) is 63.7 Å². The quantitative estimate of drug-likeness (QED) is 0.292. The van der Waals surface area contributed by atoms with Gasteiger partial charge in [0.05, 0.1) is 18.8 Å². The molecule has 1 saturated carbocycles. The van der Waals surface area contributed by atoms with E-state index in [-0.39, 0.29) is 23.8 Å². The molecule has 2 aliphatic rings. The topological polar surface area (TPSA) is 112 Å². The Bertz CT molecular complexity index is 1520. The molecule has 11 heteroatoms. The van der Waals surface area contributed by atoms with Crippen LogP contribution >= 0.6 is 11.6 Å². The number of halogens is 2. The zero-order valence-corrected chi connectivity index (χ0v) is 22.6. The van der Waals surface area contributed by atoms with Crippen LogP contribution in [0.2, 0.25) is 5.02 Å². The van der Waals surface area contributed by atoms with E-state index < -0.39 is 11.8 Å². The maximum absolute atomic E-state index is 14.5. The lowest BCUT2D eigenvalue weighted by Gasteiger charge is -2.30. The third-order valence-corrected chi connectivity index (χ3v) is 7.90. The fraction of sp³-hybridized carbons (Fsp3) is 0.414. The molecule has 1 unspecified atom stereocenters. The van der Waals surface area contributed by atoms with Crippen LogP contribution in [0.15, 0.2) is 42.6 Å². The maximum Gasteiger partial charge on any atom is 0.354 e. The molecule has 1 atom stereocenters. The summed E-state index contributed by atoms with van der Waals surface area (Å²) in [6.07, 6.45) is 6.61. The standard InChI is InChI=1S/C29H29ClFN5O4/c30-19-5-1-17(2-6-19)13-25-32-15-22(31)28(35-25)40-20-7-3-18(4-8-20)14-26-33-23-9-10-24(29(37)38)34-27(23)36(26)16-21-11-12-39-21/h1-2,5-6,9-10,15,18,20-21H,3-4,7-8,11-14,16H2,(H,37,38). The highest BCUT2D eigenvalue weighted by molar-refractivity contribution is 6.30. The summed E-state index contributed by atoms with van der Waals surface area (Å²) in [7, 11) is 0. The van der Waals surface area contributed by atoms with Crippen LogP contribution in [0.3, 0.4) is 0 Å². The van der Waals surface area contributed by atoms with Crippen LogP contribution in [-0.4, -0.2) is 54.4 Å². The van der Waals surface area contributed by atoms with Gasteiger partial charge in [0.1, 0.15) is 23.3 Å². The van der Waals surface area contributed by atoms with Crippen molar-refractivity contribution >= 4 is 28.7 Å². The largest absolute Gasteiger partial charge is 0.477 e. The van der Waals surface area contributed by atoms with Crippen molar-refractivity contribution in [1.29, 1.82) is 0 Å². The number of hydrogen-bond donors (Lipinski definition) is 1. The van der Waals surface area contributed by atoms with Crippen LogP contribution in [0.25, 0.3) is 11.2 Å². The number of carboxylic acid groups (broad SMARTS) is 1. The molecule has 0 amide bonds. The van der Waals surface area contributed by atoms with Gasteiger partial charge in [-0.3, -0.25) is 0 Å². The zero-order chi connectivity index (χ0) is 27.6. The zero-order valence-electron chi connectivity index (χ0n) is 21.8. The lowest BCUT2D eigenvalue weighted by Crippen LogP contribution is -2.32. The number of ether oxygens (including phenoxy) is 2. The molecule has 1 aliphatic carbocycles. The van der Waals surface area contributed by atoms with Crippen LogP contribution in [-0.2, 0) is 24.1 Å². The highest BCUT2D eigenvalue weighted by Crippen LogP contribution is 2.31. The summed E-state index contributed by atoms with van der Waals surface area (Å²) in [6.45, 7) is 1.34. The number of carboxylic acids is 1. The fourth-order valence-electron chi connectivity index (χ4n) is 5.36. The van der Waals surface area contributed by atoms with Gasteiger partial charge < -0.3 is 19.1 Å². The Morgan fingerprint density at radius 2 is 1.85 bits per heavy atom. The highest BCUT2D eigenvalue weighted by atomic mass is 35.5. The van der Waals surface area contributed by atoms with E-state index in [4.69, 9.17) is 26.1 Å². The van der Waals surface area contributed by atoms with E-state index >= 15 is 0 Å². The normalized spacial score (nSPS) is 20.8. The average Bonchev–Trinajstić information content (AvgIpc) is 3.26. The van der Waals surface area contributed by atoms with Crippen molar-refractivity contribution in [2.75, 3.05) is 6.61 Å². The van der Waals surface area contributed by atoms with Crippen LogP contribution in [0.4, 0.5) is 4.39 Å². The fourth-order valence-corrected chi connectivity index (χ4v) is 5.48. The second kappa shape index (κ2) is 11.5. The number of benzene rings is 1. The number of imidazole rings is 1. The molecule has 3 aromatic heterocycles. The molecular formula is C29H29ClFN5O4. The molecule has 1 aliphatic heterocycles. The Kier molecular flexibility index (Phi) is 7.62. The minimum Gasteiger partial charge on any atom is -0.477 e. The number of pyridine rings is 1. The van der Waals surface area contributed by atoms with Crippen molar-refractivity contribution in [3.63, 3.8) is 0 Å². The van der Waals surface area contributed by atoms with E-state index in [9.17, 15) is 14.3 Å². The second-order valence-electron chi connectivity index (χ2n) is 10.5. The molecule has 4 aromatic rings. The number of carbonyl (C=O) groups is 1. The summed E-state index contributed by atoms with van der Waals surface area (Å²) in [5, 5.41) is 10.1. The monoisotopic (exact) mass is 565 g/mol. The molecule has 6 rings (SSSR count). The SMILES string of the molecule is O=C(O)c1ccc2nc(CC3CCC(Oc4nc(Cc5ccc(Cl)cc5)ncc4F)CC3)n(CC3CCO3)c2n1. The molecule has 4 heterocycles. The lowest BCUT2D eigenvalue weighted by atomic mass is 9.85. The van der Waals surface area contributed by atoms with Crippen molar-refractivity contribution in [1.82, 2.24) is 24.5 Å². The molecule has 0 spiro atoms. The van der Waals surface area contributed by atoms with Gasteiger partial charge in [0.15, 0.2) is 11.3 Å². The summed E-state index contributed by atoms with van der Waals surface area (Å²) in [5.41, 5.74) is 2.24. The van der Waals surface area contributed by atoms with E-state index in [1.165, 1.54) is 12.3 Å². The number of hydrogen-bond acceptors (Lipinski definition) is 7. The summed E-state index contributed by atoms with van der Waals surface area (Å²) in [4.78, 5) is 29.2. The Balaban J connectivity index is 1.11. The summed E-state index contributed by atoms with van der Waals surface area (Å²) in [5.74, 6) is 0.103. The van der Waals surface area contributed by atoms with Crippen molar-refractivity contribution in [3.05, 3.63) is 76.3 Å². The van der Waals surface area contributed by atoms with E-state index in [1.54, 1.807) is 18.2 Å². The van der Waals surface area contributed by atoms with E-state index in [0.29, 0.717) is 40.9 Å². The Morgan fingerprint density at radius 3 is 2.55 bits per heavy atom. The Hall–Kier alpha value is -3.63. The maximum atomic E-state index is 14.5. The number of aromatic nitrogens is 5. The first-order valence-electron chi connectivity index (χ1n) is 13.5. The predicted octanol–water partition coefficient (Wildman–Crippen LogP) is 5.27. The minimum atomic E-state index is -1.06. The molecule has 208 valence electrons. The van der Waals surface area contributed by atoms with Gasteiger partial charge in [-0.2, -0.15) is 9.37 Å². The summed E-state index contributed by atoms with van der Waals surface area (Å²) < 4.78 is 28.2. The van der Waals surface area contributed by atoms with Gasteiger partial charge in [0, 0.05) is 24.5 Å². The van der Waals surface area contributed by atoms with Crippen LogP contribution in [0.5, 0.6) is 5.88 Å². The van der Waals surface area contributed by atoms with Crippen LogP contribution in [0, 0.1) is 11.7 Å². The third kappa shape index (κ3) is 5.93. The predicted molar refractivity (Wildman–Crippen MR) is 145 cm³/mol. The van der Waals surface area contributed by atoms with Gasteiger partial charge in [-0.05, 0) is 67.9 Å². The van der Waals surface area contributed by atoms with Gasteiger partial charge in [-0.15, -0.1) is 0 Å². The molecule has 1 saturated heterocycles. The second-order valence-corrected chi connectivity index (χ2v) is 10.9. The number of rotatable bonds is 9. The van der Waals surface area contributed by atoms with Crippen LogP contribution < -0.4 is 4.74 Å². The number of fused-ring (bicyclic) bond motifs is 1.